The van der Waals surface area contributed by atoms with Gasteiger partial charge in [-0.1, -0.05) is 82.8 Å². The maximum Gasteiger partial charge on any atom is 0.0892 e. The van der Waals surface area contributed by atoms with Gasteiger partial charge in [0.25, 0.3) is 0 Å². The summed E-state index contributed by atoms with van der Waals surface area (Å²) < 4.78 is 0. The van der Waals surface area contributed by atoms with E-state index in [1.807, 2.05) is 72.8 Å². The molecule has 0 aliphatic heterocycles. The first kappa shape index (κ1) is 22.6. The van der Waals surface area contributed by atoms with Crippen molar-refractivity contribution in [3.05, 3.63) is 115 Å². The third kappa shape index (κ3) is 5.79. The molecule has 6 heteroatoms. The van der Waals surface area contributed by atoms with Gasteiger partial charge in [0.05, 0.1) is 31.5 Å². The third-order valence-corrected chi connectivity index (χ3v) is 6.13. The van der Waals surface area contributed by atoms with E-state index in [1.165, 1.54) is 0 Å². The number of nitrogens with zero attached hydrogens (tertiary/aromatic N) is 2. The predicted molar refractivity (Wildman–Crippen MR) is 138 cm³/mol. The number of pyridine rings is 2. The van der Waals surface area contributed by atoms with Gasteiger partial charge in [0.1, 0.15) is 0 Å². The predicted octanol–water partition coefficient (Wildman–Crippen LogP) is 9.10. The second-order valence-corrected chi connectivity index (χ2v) is 8.59. The fourth-order valence-corrected chi connectivity index (χ4v) is 3.61. The van der Waals surface area contributed by atoms with Crippen LogP contribution in [0.15, 0.2) is 73.1 Å². The van der Waals surface area contributed by atoms with Gasteiger partial charge in [-0.3, -0.25) is 9.97 Å². The van der Waals surface area contributed by atoms with Gasteiger partial charge >= 0.3 is 0 Å². The summed E-state index contributed by atoms with van der Waals surface area (Å²) in [5.74, 6) is 0. The molecule has 0 N–H and O–H groups in total. The molecule has 4 aromatic rings. The van der Waals surface area contributed by atoms with E-state index in [2.05, 4.69) is 9.97 Å². The molecule has 0 radical (unpaired) electrons. The Morgan fingerprint density at radius 3 is 1.19 bits per heavy atom. The third-order valence-electron chi connectivity index (χ3n) is 4.65. The lowest BCUT2D eigenvalue weighted by Crippen LogP contribution is -1.88. The van der Waals surface area contributed by atoms with Crippen LogP contribution in [0.3, 0.4) is 0 Å². The normalized spacial score (nSPS) is 11.5. The molecule has 0 amide bonds. The molecule has 0 atom stereocenters. The lowest BCUT2D eigenvalue weighted by molar-refractivity contribution is 1.24. The zero-order chi connectivity index (χ0) is 22.5. The molecular formula is C26H16Cl4N2. The Morgan fingerprint density at radius 1 is 0.438 bits per heavy atom. The summed E-state index contributed by atoms with van der Waals surface area (Å²) in [6.07, 6.45) is 11.5. The number of hydrogen-bond donors (Lipinski definition) is 0. The molecule has 0 fully saturated rings. The summed E-state index contributed by atoms with van der Waals surface area (Å²) in [5.41, 5.74) is 5.49. The lowest BCUT2D eigenvalue weighted by atomic mass is 10.1. The highest BCUT2D eigenvalue weighted by molar-refractivity contribution is 6.42. The first-order valence-corrected chi connectivity index (χ1v) is 11.2. The smallest absolute Gasteiger partial charge is 0.0892 e. The number of hydrogen-bond acceptors (Lipinski definition) is 2. The monoisotopic (exact) mass is 496 g/mol. The fraction of sp³-hybridized carbons (Fsp3) is 0. The summed E-state index contributed by atoms with van der Waals surface area (Å²) in [6, 6.07) is 18.9. The van der Waals surface area contributed by atoms with Crippen molar-refractivity contribution in [2.45, 2.75) is 0 Å². The van der Waals surface area contributed by atoms with Crippen LogP contribution >= 0.6 is 46.4 Å². The summed E-state index contributed by atoms with van der Waals surface area (Å²) in [6.45, 7) is 0. The SMILES string of the molecule is Clc1ccc(/C=C/c2ccnc(-c3cc(/C=C/c4ccc(Cl)c(Cl)c4)ccn3)c2)cc1Cl. The van der Waals surface area contributed by atoms with Crippen molar-refractivity contribution in [1.82, 2.24) is 9.97 Å². The Labute approximate surface area is 206 Å². The molecule has 158 valence electrons. The van der Waals surface area contributed by atoms with Gasteiger partial charge in [-0.05, 0) is 70.8 Å². The van der Waals surface area contributed by atoms with Crippen molar-refractivity contribution in [2.75, 3.05) is 0 Å². The zero-order valence-corrected chi connectivity index (χ0v) is 19.7. The van der Waals surface area contributed by atoms with Gasteiger partial charge in [-0.15, -0.1) is 0 Å². The van der Waals surface area contributed by atoms with Gasteiger partial charge in [0, 0.05) is 12.4 Å². The molecule has 0 saturated heterocycles. The maximum atomic E-state index is 6.09. The quantitative estimate of drug-likeness (QED) is 0.274. The molecule has 32 heavy (non-hydrogen) atoms. The summed E-state index contributed by atoms with van der Waals surface area (Å²) in [5, 5.41) is 2.13. The largest absolute Gasteiger partial charge is 0.255 e. The van der Waals surface area contributed by atoms with E-state index in [0.717, 1.165) is 33.6 Å². The molecule has 0 unspecified atom stereocenters. The highest BCUT2D eigenvalue weighted by atomic mass is 35.5. The van der Waals surface area contributed by atoms with Crippen LogP contribution in [0, 0.1) is 0 Å². The Kier molecular flexibility index (Phi) is 7.29. The van der Waals surface area contributed by atoms with Crippen LogP contribution in [0.4, 0.5) is 0 Å². The maximum absolute atomic E-state index is 6.09. The number of benzene rings is 2. The highest BCUT2D eigenvalue weighted by Gasteiger charge is 2.03. The molecule has 0 bridgehead atoms. The Hall–Kier alpha value is -2.62. The topological polar surface area (TPSA) is 25.8 Å². The van der Waals surface area contributed by atoms with Crippen molar-refractivity contribution in [1.29, 1.82) is 0 Å². The van der Waals surface area contributed by atoms with Crippen LogP contribution in [-0.2, 0) is 0 Å². The number of rotatable bonds is 5. The molecule has 0 aliphatic rings. The first-order valence-electron chi connectivity index (χ1n) is 9.67. The molecule has 0 saturated carbocycles. The second-order valence-electron chi connectivity index (χ2n) is 6.96. The summed E-state index contributed by atoms with van der Waals surface area (Å²) >= 11 is 24.2. The molecule has 0 aliphatic carbocycles. The fourth-order valence-electron chi connectivity index (χ4n) is 3.00. The van der Waals surface area contributed by atoms with Gasteiger partial charge in [-0.25, -0.2) is 0 Å². The molecule has 4 rings (SSSR count). The van der Waals surface area contributed by atoms with E-state index in [9.17, 15) is 0 Å². The van der Waals surface area contributed by atoms with Crippen LogP contribution in [0.2, 0.25) is 20.1 Å². The number of halogens is 4. The van der Waals surface area contributed by atoms with Crippen molar-refractivity contribution < 1.29 is 0 Å². The van der Waals surface area contributed by atoms with E-state index < -0.39 is 0 Å². The van der Waals surface area contributed by atoms with Crippen molar-refractivity contribution in [3.8, 4) is 11.4 Å². The minimum atomic E-state index is 0.527. The van der Waals surface area contributed by atoms with Crippen molar-refractivity contribution in [3.63, 3.8) is 0 Å². The summed E-state index contributed by atoms with van der Waals surface area (Å²) in [7, 11) is 0. The highest BCUT2D eigenvalue weighted by Crippen LogP contribution is 2.25. The van der Waals surface area contributed by atoms with Gasteiger partial charge in [0.2, 0.25) is 0 Å². The zero-order valence-electron chi connectivity index (χ0n) is 16.6. The van der Waals surface area contributed by atoms with E-state index in [1.54, 1.807) is 24.5 Å². The minimum Gasteiger partial charge on any atom is -0.255 e. The molecule has 2 heterocycles. The summed E-state index contributed by atoms with van der Waals surface area (Å²) in [4.78, 5) is 8.96. The van der Waals surface area contributed by atoms with Crippen LogP contribution in [0.25, 0.3) is 35.7 Å². The molecule has 2 nitrogen and oxygen atoms in total. The average Bonchev–Trinajstić information content (AvgIpc) is 2.81. The molecular weight excluding hydrogens is 482 g/mol. The molecule has 2 aromatic carbocycles. The van der Waals surface area contributed by atoms with Crippen molar-refractivity contribution >= 4 is 70.7 Å². The molecule has 0 spiro atoms. The standard InChI is InChI=1S/C26H16Cl4N2/c27-21-7-5-17(13-23(21)29)1-3-19-9-11-31-25(15-19)26-16-20(10-12-32-26)4-2-18-6-8-22(28)24(30)14-18/h1-16H/b3-1+,4-2+. The van der Waals surface area contributed by atoms with Crippen LogP contribution in [0.1, 0.15) is 22.3 Å². The lowest BCUT2D eigenvalue weighted by Gasteiger charge is -2.03. The number of aromatic nitrogens is 2. The van der Waals surface area contributed by atoms with E-state index in [-0.39, 0.29) is 0 Å². The van der Waals surface area contributed by atoms with E-state index in [4.69, 9.17) is 46.4 Å². The van der Waals surface area contributed by atoms with Gasteiger partial charge < -0.3 is 0 Å². The Bertz CT molecular complexity index is 1230. The van der Waals surface area contributed by atoms with Crippen LogP contribution in [-0.4, -0.2) is 9.97 Å². The first-order chi connectivity index (χ1) is 15.5. The van der Waals surface area contributed by atoms with Crippen LogP contribution < -0.4 is 0 Å². The van der Waals surface area contributed by atoms with Gasteiger partial charge in [-0.2, -0.15) is 0 Å². The average molecular weight is 498 g/mol. The molecule has 2 aromatic heterocycles. The minimum absolute atomic E-state index is 0.527. The Morgan fingerprint density at radius 2 is 0.812 bits per heavy atom. The Balaban J connectivity index is 1.55. The van der Waals surface area contributed by atoms with E-state index >= 15 is 0 Å². The van der Waals surface area contributed by atoms with Crippen LogP contribution in [0.5, 0.6) is 0 Å². The second kappa shape index (κ2) is 10.3. The van der Waals surface area contributed by atoms with Crippen molar-refractivity contribution in [2.24, 2.45) is 0 Å². The van der Waals surface area contributed by atoms with Gasteiger partial charge in [0.15, 0.2) is 0 Å². The van der Waals surface area contributed by atoms with E-state index in [0.29, 0.717) is 20.1 Å².